The minimum absolute atomic E-state index is 0.0954. The molecule has 3 nitrogen and oxygen atoms in total. The number of aromatic nitrogens is 1. The number of hydrogen-bond donors (Lipinski definition) is 0. The van der Waals surface area contributed by atoms with E-state index in [1.807, 2.05) is 31.2 Å². The lowest BCUT2D eigenvalue weighted by atomic mass is 10.1. The number of amides is 1. The molecule has 1 heterocycles. The Labute approximate surface area is 118 Å². The Hall–Kier alpha value is -1.61. The lowest BCUT2D eigenvalue weighted by Gasteiger charge is -2.23. The fraction of sp³-hybridized carbons (Fsp3) is 0.333. The van der Waals surface area contributed by atoms with Gasteiger partial charge in [0.05, 0.1) is 0 Å². The SMILES string of the molecule is CCC(C)N(C)C(=O)c1cc2ccccc2c(Cl)n1. The lowest BCUT2D eigenvalue weighted by molar-refractivity contribution is 0.0735. The zero-order valence-electron chi connectivity index (χ0n) is 11.4. The van der Waals surface area contributed by atoms with Gasteiger partial charge in [0.15, 0.2) is 0 Å². The molecule has 0 radical (unpaired) electrons. The highest BCUT2D eigenvalue weighted by molar-refractivity contribution is 6.34. The molecule has 0 bridgehead atoms. The Kier molecular flexibility index (Phi) is 4.05. The average molecular weight is 277 g/mol. The van der Waals surface area contributed by atoms with E-state index in [0.717, 1.165) is 17.2 Å². The van der Waals surface area contributed by atoms with E-state index in [1.54, 1.807) is 18.0 Å². The Morgan fingerprint density at radius 3 is 2.79 bits per heavy atom. The molecular formula is C15H17ClN2O. The fourth-order valence-electron chi connectivity index (χ4n) is 1.92. The quantitative estimate of drug-likeness (QED) is 0.800. The second-order valence-corrected chi connectivity index (χ2v) is 5.05. The Morgan fingerprint density at radius 2 is 2.11 bits per heavy atom. The van der Waals surface area contributed by atoms with Gasteiger partial charge in [0.1, 0.15) is 10.8 Å². The zero-order valence-corrected chi connectivity index (χ0v) is 12.1. The van der Waals surface area contributed by atoms with E-state index in [9.17, 15) is 4.79 Å². The zero-order chi connectivity index (χ0) is 14.0. The monoisotopic (exact) mass is 276 g/mol. The van der Waals surface area contributed by atoms with Gasteiger partial charge in [-0.05, 0) is 24.8 Å². The molecule has 0 fully saturated rings. The molecule has 0 spiro atoms. The Balaban J connectivity index is 2.43. The molecule has 0 saturated carbocycles. The van der Waals surface area contributed by atoms with Crippen molar-refractivity contribution >= 4 is 28.3 Å². The standard InChI is InChI=1S/C15H17ClN2O/c1-4-10(2)18(3)15(19)13-9-11-7-5-6-8-12(11)14(16)17-13/h5-10H,4H2,1-3H3. The molecule has 1 aromatic heterocycles. The summed E-state index contributed by atoms with van der Waals surface area (Å²) in [5, 5.41) is 2.18. The number of pyridine rings is 1. The van der Waals surface area contributed by atoms with E-state index in [4.69, 9.17) is 11.6 Å². The summed E-state index contributed by atoms with van der Waals surface area (Å²) in [4.78, 5) is 18.3. The first-order valence-corrected chi connectivity index (χ1v) is 6.74. The van der Waals surface area contributed by atoms with Gasteiger partial charge in [0.2, 0.25) is 0 Å². The summed E-state index contributed by atoms with van der Waals surface area (Å²) < 4.78 is 0. The number of benzene rings is 1. The van der Waals surface area contributed by atoms with E-state index < -0.39 is 0 Å². The molecule has 4 heteroatoms. The number of carbonyl (C=O) groups is 1. The number of nitrogens with zero attached hydrogens (tertiary/aromatic N) is 2. The van der Waals surface area contributed by atoms with Crippen LogP contribution in [-0.4, -0.2) is 28.9 Å². The molecule has 100 valence electrons. The second kappa shape index (κ2) is 5.57. The van der Waals surface area contributed by atoms with Gasteiger partial charge in [-0.1, -0.05) is 42.8 Å². The summed E-state index contributed by atoms with van der Waals surface area (Å²) in [6.45, 7) is 4.07. The fourth-order valence-corrected chi connectivity index (χ4v) is 2.18. The molecule has 2 aromatic rings. The molecule has 0 aliphatic rings. The van der Waals surface area contributed by atoms with Crippen molar-refractivity contribution in [2.45, 2.75) is 26.3 Å². The predicted octanol–water partition coefficient (Wildman–Crippen LogP) is 3.76. The van der Waals surface area contributed by atoms with Crippen LogP contribution in [0, 0.1) is 0 Å². The van der Waals surface area contributed by atoms with Crippen molar-refractivity contribution in [3.05, 3.63) is 41.2 Å². The van der Waals surface area contributed by atoms with Crippen LogP contribution >= 0.6 is 11.6 Å². The van der Waals surface area contributed by atoms with Crippen molar-refractivity contribution in [3.63, 3.8) is 0 Å². The smallest absolute Gasteiger partial charge is 0.272 e. The van der Waals surface area contributed by atoms with Crippen LogP contribution in [0.1, 0.15) is 30.8 Å². The second-order valence-electron chi connectivity index (χ2n) is 4.69. The van der Waals surface area contributed by atoms with E-state index in [-0.39, 0.29) is 11.9 Å². The average Bonchev–Trinajstić information content (AvgIpc) is 2.44. The summed E-state index contributed by atoms with van der Waals surface area (Å²) in [7, 11) is 1.79. The molecule has 0 saturated heterocycles. The number of hydrogen-bond acceptors (Lipinski definition) is 2. The van der Waals surface area contributed by atoms with Gasteiger partial charge < -0.3 is 4.90 Å². The van der Waals surface area contributed by atoms with Gasteiger partial charge >= 0.3 is 0 Å². The molecule has 2 rings (SSSR count). The topological polar surface area (TPSA) is 33.2 Å². The van der Waals surface area contributed by atoms with Crippen LogP contribution in [0.4, 0.5) is 0 Å². The molecular weight excluding hydrogens is 260 g/mol. The largest absolute Gasteiger partial charge is 0.338 e. The number of carbonyl (C=O) groups excluding carboxylic acids is 1. The number of rotatable bonds is 3. The van der Waals surface area contributed by atoms with Crippen molar-refractivity contribution in [2.24, 2.45) is 0 Å². The van der Waals surface area contributed by atoms with Crippen LogP contribution in [0.5, 0.6) is 0 Å². The normalized spacial score (nSPS) is 12.4. The van der Waals surface area contributed by atoms with E-state index in [1.165, 1.54) is 0 Å². The first kappa shape index (κ1) is 13.8. The van der Waals surface area contributed by atoms with Gasteiger partial charge in [-0.25, -0.2) is 4.98 Å². The van der Waals surface area contributed by atoms with Crippen molar-refractivity contribution in [1.82, 2.24) is 9.88 Å². The molecule has 1 unspecified atom stereocenters. The van der Waals surface area contributed by atoms with Crippen molar-refractivity contribution < 1.29 is 4.79 Å². The maximum absolute atomic E-state index is 12.3. The highest BCUT2D eigenvalue weighted by Crippen LogP contribution is 2.23. The van der Waals surface area contributed by atoms with Gasteiger partial charge in [-0.15, -0.1) is 0 Å². The molecule has 0 aliphatic heterocycles. The van der Waals surface area contributed by atoms with Crippen molar-refractivity contribution in [3.8, 4) is 0 Å². The first-order chi connectivity index (χ1) is 9.04. The summed E-state index contributed by atoms with van der Waals surface area (Å²) in [6.07, 6.45) is 0.906. The Morgan fingerprint density at radius 1 is 1.42 bits per heavy atom. The van der Waals surface area contributed by atoms with Crippen LogP contribution in [0.15, 0.2) is 30.3 Å². The van der Waals surface area contributed by atoms with Gasteiger partial charge in [0, 0.05) is 18.5 Å². The van der Waals surface area contributed by atoms with Gasteiger partial charge in [-0.2, -0.15) is 0 Å². The van der Waals surface area contributed by atoms with Crippen LogP contribution in [0.3, 0.4) is 0 Å². The van der Waals surface area contributed by atoms with Crippen molar-refractivity contribution in [2.75, 3.05) is 7.05 Å². The van der Waals surface area contributed by atoms with E-state index in [0.29, 0.717) is 10.8 Å². The summed E-state index contributed by atoms with van der Waals surface area (Å²) in [5.74, 6) is -0.0954. The van der Waals surface area contributed by atoms with Crippen LogP contribution in [0.25, 0.3) is 10.8 Å². The third-order valence-corrected chi connectivity index (χ3v) is 3.77. The number of halogens is 1. The third-order valence-electron chi connectivity index (χ3n) is 3.49. The highest BCUT2D eigenvalue weighted by Gasteiger charge is 2.18. The van der Waals surface area contributed by atoms with E-state index in [2.05, 4.69) is 11.9 Å². The molecule has 19 heavy (non-hydrogen) atoms. The maximum atomic E-state index is 12.3. The molecule has 1 aromatic carbocycles. The lowest BCUT2D eigenvalue weighted by Crippen LogP contribution is -2.35. The summed E-state index contributed by atoms with van der Waals surface area (Å²) in [6, 6.07) is 9.64. The molecule has 1 atom stereocenters. The predicted molar refractivity (Wildman–Crippen MR) is 78.6 cm³/mol. The first-order valence-electron chi connectivity index (χ1n) is 6.37. The third kappa shape index (κ3) is 2.71. The van der Waals surface area contributed by atoms with Crippen LogP contribution < -0.4 is 0 Å². The van der Waals surface area contributed by atoms with E-state index >= 15 is 0 Å². The van der Waals surface area contributed by atoms with Crippen LogP contribution in [-0.2, 0) is 0 Å². The van der Waals surface area contributed by atoms with Crippen molar-refractivity contribution in [1.29, 1.82) is 0 Å². The maximum Gasteiger partial charge on any atom is 0.272 e. The molecule has 0 N–H and O–H groups in total. The number of fused-ring (bicyclic) bond motifs is 1. The van der Waals surface area contributed by atoms with Crippen LogP contribution in [0.2, 0.25) is 5.15 Å². The minimum Gasteiger partial charge on any atom is -0.338 e. The molecule has 0 aliphatic carbocycles. The molecule has 1 amide bonds. The highest BCUT2D eigenvalue weighted by atomic mass is 35.5. The Bertz CT molecular complexity index is 612. The minimum atomic E-state index is -0.0954. The van der Waals surface area contributed by atoms with Gasteiger partial charge in [-0.3, -0.25) is 4.79 Å². The summed E-state index contributed by atoms with van der Waals surface area (Å²) >= 11 is 6.14. The summed E-state index contributed by atoms with van der Waals surface area (Å²) in [5.41, 5.74) is 0.395. The van der Waals surface area contributed by atoms with Gasteiger partial charge in [0.25, 0.3) is 5.91 Å².